The zero-order valence-electron chi connectivity index (χ0n) is 11.5. The number of carbonyl (C=O) groups is 1. The van der Waals surface area contributed by atoms with Crippen molar-refractivity contribution in [1.82, 2.24) is 5.32 Å². The molecular weight excluding hydrogens is 298 g/mol. The van der Waals surface area contributed by atoms with Crippen LogP contribution < -0.4 is 5.32 Å². The van der Waals surface area contributed by atoms with Gasteiger partial charge in [-0.2, -0.15) is 0 Å². The lowest BCUT2D eigenvalue weighted by Crippen LogP contribution is -2.33. The highest BCUT2D eigenvalue weighted by Gasteiger charge is 2.24. The van der Waals surface area contributed by atoms with Crippen molar-refractivity contribution in [2.75, 3.05) is 0 Å². The minimum Gasteiger partial charge on any atom is -0.349 e. The maximum Gasteiger partial charge on any atom is 0.261 e. The molecule has 0 aliphatic heterocycles. The summed E-state index contributed by atoms with van der Waals surface area (Å²) in [6.07, 6.45) is 3.05. The predicted octanol–water partition coefficient (Wildman–Crippen LogP) is 2.84. The van der Waals surface area contributed by atoms with E-state index in [4.69, 9.17) is 10.7 Å². The molecular formula is C14H18ClNO3S. The minimum absolute atomic E-state index is 0.0466. The second-order valence-electron chi connectivity index (χ2n) is 5.50. The maximum absolute atomic E-state index is 12.3. The van der Waals surface area contributed by atoms with E-state index in [0.29, 0.717) is 11.5 Å². The smallest absolute Gasteiger partial charge is 0.261 e. The molecule has 0 radical (unpaired) electrons. The van der Waals surface area contributed by atoms with Crippen LogP contribution >= 0.6 is 10.7 Å². The number of benzene rings is 1. The Morgan fingerprint density at radius 2 is 2.05 bits per heavy atom. The molecule has 1 aromatic rings. The standard InChI is InChI=1S/C14H18ClNO3S/c1-9-3-5-11(7-9)16-14(17)13-8-12(20(15,18)19)6-4-10(13)2/h4,6,8-9,11H,3,5,7H2,1-2H3,(H,16,17). The number of amides is 1. The van der Waals surface area contributed by atoms with Gasteiger partial charge in [0, 0.05) is 22.3 Å². The lowest BCUT2D eigenvalue weighted by atomic mass is 10.1. The Bertz CT molecular complexity index is 627. The molecule has 1 amide bonds. The van der Waals surface area contributed by atoms with E-state index in [0.717, 1.165) is 24.8 Å². The van der Waals surface area contributed by atoms with Gasteiger partial charge in [0.2, 0.25) is 0 Å². The molecule has 0 spiro atoms. The molecule has 1 saturated carbocycles. The molecule has 0 aromatic heterocycles. The van der Waals surface area contributed by atoms with Gasteiger partial charge in [0.15, 0.2) is 0 Å². The first-order chi connectivity index (χ1) is 9.27. The molecule has 2 unspecified atom stereocenters. The fourth-order valence-electron chi connectivity index (χ4n) is 2.60. The number of hydrogen-bond donors (Lipinski definition) is 1. The Hall–Kier alpha value is -1.07. The van der Waals surface area contributed by atoms with Crippen molar-refractivity contribution in [3.8, 4) is 0 Å². The molecule has 1 fully saturated rings. The maximum atomic E-state index is 12.3. The molecule has 110 valence electrons. The summed E-state index contributed by atoms with van der Waals surface area (Å²) in [6, 6.07) is 4.52. The van der Waals surface area contributed by atoms with E-state index in [1.165, 1.54) is 12.1 Å². The zero-order valence-corrected chi connectivity index (χ0v) is 13.1. The molecule has 2 atom stereocenters. The Kier molecular flexibility index (Phi) is 4.39. The third-order valence-electron chi connectivity index (χ3n) is 3.77. The van der Waals surface area contributed by atoms with Crippen LogP contribution in [0.4, 0.5) is 0 Å². The highest BCUT2D eigenvalue weighted by Crippen LogP contribution is 2.25. The lowest BCUT2D eigenvalue weighted by Gasteiger charge is -2.14. The summed E-state index contributed by atoms with van der Waals surface area (Å²) in [4.78, 5) is 12.2. The molecule has 0 bridgehead atoms. The highest BCUT2D eigenvalue weighted by atomic mass is 35.7. The molecule has 0 saturated heterocycles. The van der Waals surface area contributed by atoms with Crippen LogP contribution in [-0.2, 0) is 9.05 Å². The molecule has 2 rings (SSSR count). The Balaban J connectivity index is 2.21. The Morgan fingerprint density at radius 3 is 2.60 bits per heavy atom. The number of aryl methyl sites for hydroxylation is 1. The topological polar surface area (TPSA) is 63.2 Å². The van der Waals surface area contributed by atoms with Gasteiger partial charge < -0.3 is 5.32 Å². The molecule has 1 aliphatic carbocycles. The Labute approximate surface area is 123 Å². The normalized spacial score (nSPS) is 22.8. The largest absolute Gasteiger partial charge is 0.349 e. The predicted molar refractivity (Wildman–Crippen MR) is 78.5 cm³/mol. The molecule has 6 heteroatoms. The van der Waals surface area contributed by atoms with Crippen LogP contribution in [0.2, 0.25) is 0 Å². The molecule has 1 aliphatic rings. The molecule has 1 aromatic carbocycles. The summed E-state index contributed by atoms with van der Waals surface area (Å²) >= 11 is 0. The van der Waals surface area contributed by atoms with E-state index in [1.54, 1.807) is 13.0 Å². The van der Waals surface area contributed by atoms with Crippen molar-refractivity contribution < 1.29 is 13.2 Å². The second kappa shape index (κ2) is 5.74. The first kappa shape index (κ1) is 15.3. The molecule has 4 nitrogen and oxygen atoms in total. The summed E-state index contributed by atoms with van der Waals surface area (Å²) in [5.74, 6) is 0.389. The van der Waals surface area contributed by atoms with Crippen LogP contribution in [0, 0.1) is 12.8 Å². The second-order valence-corrected chi connectivity index (χ2v) is 8.07. The SMILES string of the molecule is Cc1ccc(S(=O)(=O)Cl)cc1C(=O)NC1CCC(C)C1. The summed E-state index contributed by atoms with van der Waals surface area (Å²) in [5.41, 5.74) is 1.10. The quantitative estimate of drug-likeness (QED) is 0.872. The Morgan fingerprint density at radius 1 is 1.35 bits per heavy atom. The molecule has 1 N–H and O–H groups in total. The number of carbonyl (C=O) groups excluding carboxylic acids is 1. The van der Waals surface area contributed by atoms with Gasteiger partial charge in [-0.1, -0.05) is 13.0 Å². The van der Waals surface area contributed by atoms with Crippen molar-refractivity contribution in [3.63, 3.8) is 0 Å². The third-order valence-corrected chi connectivity index (χ3v) is 5.12. The zero-order chi connectivity index (χ0) is 14.9. The molecule has 20 heavy (non-hydrogen) atoms. The fraction of sp³-hybridized carbons (Fsp3) is 0.500. The van der Waals surface area contributed by atoms with E-state index in [-0.39, 0.29) is 16.8 Å². The number of halogens is 1. The lowest BCUT2D eigenvalue weighted by molar-refractivity contribution is 0.0936. The van der Waals surface area contributed by atoms with E-state index < -0.39 is 9.05 Å². The summed E-state index contributed by atoms with van der Waals surface area (Å²) in [5, 5.41) is 2.97. The van der Waals surface area contributed by atoms with Crippen LogP contribution in [0.1, 0.15) is 42.1 Å². The van der Waals surface area contributed by atoms with Crippen molar-refractivity contribution in [3.05, 3.63) is 29.3 Å². The first-order valence-electron chi connectivity index (χ1n) is 6.63. The first-order valence-corrected chi connectivity index (χ1v) is 8.94. The van der Waals surface area contributed by atoms with Gasteiger partial charge in [0.05, 0.1) is 4.90 Å². The van der Waals surface area contributed by atoms with E-state index in [9.17, 15) is 13.2 Å². The average Bonchev–Trinajstić information content (AvgIpc) is 2.73. The summed E-state index contributed by atoms with van der Waals surface area (Å²) in [6.45, 7) is 3.94. The van der Waals surface area contributed by atoms with E-state index in [1.807, 2.05) is 0 Å². The number of nitrogens with one attached hydrogen (secondary N) is 1. The highest BCUT2D eigenvalue weighted by molar-refractivity contribution is 8.13. The minimum atomic E-state index is -3.82. The van der Waals surface area contributed by atoms with Crippen LogP contribution in [0.5, 0.6) is 0 Å². The van der Waals surface area contributed by atoms with Gasteiger partial charge in [-0.05, 0) is 49.8 Å². The average molecular weight is 316 g/mol. The van der Waals surface area contributed by atoms with Gasteiger partial charge in [0.1, 0.15) is 0 Å². The van der Waals surface area contributed by atoms with Crippen molar-refractivity contribution in [1.29, 1.82) is 0 Å². The van der Waals surface area contributed by atoms with Crippen molar-refractivity contribution in [2.24, 2.45) is 5.92 Å². The van der Waals surface area contributed by atoms with Crippen LogP contribution in [0.3, 0.4) is 0 Å². The monoisotopic (exact) mass is 315 g/mol. The van der Waals surface area contributed by atoms with Crippen LogP contribution in [-0.4, -0.2) is 20.4 Å². The summed E-state index contributed by atoms with van der Waals surface area (Å²) in [7, 11) is 1.50. The van der Waals surface area contributed by atoms with Gasteiger partial charge in [-0.25, -0.2) is 8.42 Å². The van der Waals surface area contributed by atoms with E-state index in [2.05, 4.69) is 12.2 Å². The molecule has 0 heterocycles. The van der Waals surface area contributed by atoms with Gasteiger partial charge in [0.25, 0.3) is 15.0 Å². The van der Waals surface area contributed by atoms with Crippen LogP contribution in [0.25, 0.3) is 0 Å². The van der Waals surface area contributed by atoms with E-state index >= 15 is 0 Å². The van der Waals surface area contributed by atoms with Crippen molar-refractivity contribution >= 4 is 25.6 Å². The van der Waals surface area contributed by atoms with Gasteiger partial charge >= 0.3 is 0 Å². The fourth-order valence-corrected chi connectivity index (χ4v) is 3.38. The third kappa shape index (κ3) is 3.52. The van der Waals surface area contributed by atoms with Crippen LogP contribution in [0.15, 0.2) is 23.1 Å². The van der Waals surface area contributed by atoms with Gasteiger partial charge in [-0.3, -0.25) is 4.79 Å². The number of rotatable bonds is 3. The number of hydrogen-bond acceptors (Lipinski definition) is 3. The summed E-state index contributed by atoms with van der Waals surface area (Å²) < 4.78 is 22.7. The van der Waals surface area contributed by atoms with Gasteiger partial charge in [-0.15, -0.1) is 0 Å². The van der Waals surface area contributed by atoms with Crippen molar-refractivity contribution in [2.45, 2.75) is 44.0 Å².